The van der Waals surface area contributed by atoms with Crippen LogP contribution in [-0.2, 0) is 5.60 Å². The van der Waals surface area contributed by atoms with Crippen molar-refractivity contribution in [1.82, 2.24) is 0 Å². The van der Waals surface area contributed by atoms with E-state index in [4.69, 9.17) is 0 Å². The van der Waals surface area contributed by atoms with E-state index in [0.717, 1.165) is 18.4 Å². The molecular formula is C16H26O. The van der Waals surface area contributed by atoms with Gasteiger partial charge in [-0.2, -0.15) is 0 Å². The van der Waals surface area contributed by atoms with Crippen LogP contribution < -0.4 is 0 Å². The number of hydrogen-bond acceptors (Lipinski definition) is 1. The zero-order chi connectivity index (χ0) is 12.6. The highest BCUT2D eigenvalue weighted by atomic mass is 16.3. The molecule has 1 aromatic carbocycles. The molecule has 0 aliphatic heterocycles. The highest BCUT2D eigenvalue weighted by molar-refractivity contribution is 5.21. The van der Waals surface area contributed by atoms with Gasteiger partial charge in [-0.25, -0.2) is 0 Å². The molecule has 1 heteroatoms. The van der Waals surface area contributed by atoms with Gasteiger partial charge in [-0.05, 0) is 18.9 Å². The van der Waals surface area contributed by atoms with E-state index in [0.29, 0.717) is 0 Å². The first-order chi connectivity index (χ1) is 8.17. The largest absolute Gasteiger partial charge is 0.385 e. The normalized spacial score (nSPS) is 14.5. The highest BCUT2D eigenvalue weighted by Crippen LogP contribution is 2.26. The molecule has 0 saturated carbocycles. The van der Waals surface area contributed by atoms with Crippen molar-refractivity contribution in [2.75, 3.05) is 0 Å². The molecule has 1 N–H and O–H groups in total. The second-order valence-electron chi connectivity index (χ2n) is 5.16. The molecule has 0 heterocycles. The molecular weight excluding hydrogens is 208 g/mol. The lowest BCUT2D eigenvalue weighted by atomic mass is 9.90. The van der Waals surface area contributed by atoms with Crippen LogP contribution in [0.1, 0.15) is 64.4 Å². The van der Waals surface area contributed by atoms with Crippen LogP contribution in [0.2, 0.25) is 0 Å². The summed E-state index contributed by atoms with van der Waals surface area (Å²) in [7, 11) is 0. The molecule has 0 aliphatic carbocycles. The molecule has 0 bridgehead atoms. The van der Waals surface area contributed by atoms with Crippen LogP contribution in [0.15, 0.2) is 30.3 Å². The highest BCUT2D eigenvalue weighted by Gasteiger charge is 2.21. The molecule has 0 radical (unpaired) electrons. The van der Waals surface area contributed by atoms with Gasteiger partial charge in [-0.1, -0.05) is 75.8 Å². The first kappa shape index (κ1) is 14.2. The van der Waals surface area contributed by atoms with Gasteiger partial charge in [0.2, 0.25) is 0 Å². The fourth-order valence-corrected chi connectivity index (χ4v) is 2.19. The Labute approximate surface area is 106 Å². The van der Waals surface area contributed by atoms with Gasteiger partial charge in [-0.3, -0.25) is 0 Å². The minimum Gasteiger partial charge on any atom is -0.385 e. The van der Waals surface area contributed by atoms with E-state index >= 15 is 0 Å². The Kier molecular flexibility index (Phi) is 6.28. The second-order valence-corrected chi connectivity index (χ2v) is 5.16. The summed E-state index contributed by atoms with van der Waals surface area (Å²) in [4.78, 5) is 0. The number of benzene rings is 1. The summed E-state index contributed by atoms with van der Waals surface area (Å²) in [6, 6.07) is 9.99. The summed E-state index contributed by atoms with van der Waals surface area (Å²) in [5.74, 6) is 0. The predicted molar refractivity (Wildman–Crippen MR) is 74.0 cm³/mol. The average Bonchev–Trinajstić information content (AvgIpc) is 2.35. The molecule has 0 amide bonds. The Morgan fingerprint density at radius 1 is 0.941 bits per heavy atom. The topological polar surface area (TPSA) is 20.2 Å². The van der Waals surface area contributed by atoms with Crippen molar-refractivity contribution in [2.45, 2.75) is 64.4 Å². The van der Waals surface area contributed by atoms with E-state index < -0.39 is 5.60 Å². The van der Waals surface area contributed by atoms with Crippen LogP contribution in [0, 0.1) is 0 Å². The number of rotatable bonds is 8. The zero-order valence-corrected chi connectivity index (χ0v) is 11.3. The quantitative estimate of drug-likeness (QED) is 0.649. The molecule has 0 saturated heterocycles. The first-order valence-electron chi connectivity index (χ1n) is 6.94. The van der Waals surface area contributed by atoms with Crippen molar-refractivity contribution in [3.8, 4) is 0 Å². The summed E-state index contributed by atoms with van der Waals surface area (Å²) < 4.78 is 0. The van der Waals surface area contributed by atoms with Gasteiger partial charge in [0.05, 0.1) is 5.60 Å². The van der Waals surface area contributed by atoms with Gasteiger partial charge < -0.3 is 5.11 Å². The van der Waals surface area contributed by atoms with Crippen molar-refractivity contribution in [2.24, 2.45) is 0 Å². The fourth-order valence-electron chi connectivity index (χ4n) is 2.19. The Bertz CT molecular complexity index is 290. The Morgan fingerprint density at radius 3 is 2.18 bits per heavy atom. The van der Waals surface area contributed by atoms with Crippen molar-refractivity contribution in [3.05, 3.63) is 35.9 Å². The van der Waals surface area contributed by atoms with Crippen molar-refractivity contribution >= 4 is 0 Å². The molecule has 96 valence electrons. The Morgan fingerprint density at radius 2 is 1.53 bits per heavy atom. The standard InChI is InChI=1S/C16H26O/c1-3-4-5-6-7-11-14-16(2,17)15-12-9-8-10-13-15/h8-10,12-13,17H,3-7,11,14H2,1-2H3/t16-/m1/s1. The molecule has 17 heavy (non-hydrogen) atoms. The van der Waals surface area contributed by atoms with E-state index in [1.54, 1.807) is 0 Å². The van der Waals surface area contributed by atoms with Crippen molar-refractivity contribution in [3.63, 3.8) is 0 Å². The van der Waals surface area contributed by atoms with Crippen LogP contribution in [0.4, 0.5) is 0 Å². The van der Waals surface area contributed by atoms with Crippen LogP contribution in [0.25, 0.3) is 0 Å². The molecule has 1 atom stereocenters. The summed E-state index contributed by atoms with van der Waals surface area (Å²) in [6.45, 7) is 4.16. The number of hydrogen-bond donors (Lipinski definition) is 1. The van der Waals surface area contributed by atoms with Crippen LogP contribution in [0.3, 0.4) is 0 Å². The van der Waals surface area contributed by atoms with E-state index in [2.05, 4.69) is 6.92 Å². The molecule has 0 aliphatic rings. The maximum atomic E-state index is 10.4. The lowest BCUT2D eigenvalue weighted by molar-refractivity contribution is 0.0448. The van der Waals surface area contributed by atoms with E-state index in [-0.39, 0.29) is 0 Å². The van der Waals surface area contributed by atoms with Crippen LogP contribution in [-0.4, -0.2) is 5.11 Å². The molecule has 0 aromatic heterocycles. The molecule has 1 nitrogen and oxygen atoms in total. The molecule has 0 unspecified atom stereocenters. The van der Waals surface area contributed by atoms with Gasteiger partial charge in [0, 0.05) is 0 Å². The molecule has 1 rings (SSSR count). The maximum Gasteiger partial charge on any atom is 0.0868 e. The third kappa shape index (κ3) is 5.36. The Balaban J connectivity index is 2.26. The van der Waals surface area contributed by atoms with E-state index in [1.807, 2.05) is 37.3 Å². The smallest absolute Gasteiger partial charge is 0.0868 e. The fraction of sp³-hybridized carbons (Fsp3) is 0.625. The van der Waals surface area contributed by atoms with Gasteiger partial charge in [0.1, 0.15) is 0 Å². The lowest BCUT2D eigenvalue weighted by Gasteiger charge is -2.23. The van der Waals surface area contributed by atoms with Crippen LogP contribution >= 0.6 is 0 Å². The maximum absolute atomic E-state index is 10.4. The van der Waals surface area contributed by atoms with Gasteiger partial charge in [0.25, 0.3) is 0 Å². The summed E-state index contributed by atoms with van der Waals surface area (Å²) in [5.41, 5.74) is 0.375. The predicted octanol–water partition coefficient (Wildman–Crippen LogP) is 4.64. The summed E-state index contributed by atoms with van der Waals surface area (Å²) in [6.07, 6.45) is 8.50. The van der Waals surface area contributed by atoms with Gasteiger partial charge in [-0.15, -0.1) is 0 Å². The van der Waals surface area contributed by atoms with Gasteiger partial charge >= 0.3 is 0 Å². The summed E-state index contributed by atoms with van der Waals surface area (Å²) >= 11 is 0. The minimum absolute atomic E-state index is 0.661. The minimum atomic E-state index is -0.661. The third-order valence-corrected chi connectivity index (χ3v) is 3.41. The first-order valence-corrected chi connectivity index (χ1v) is 6.94. The van der Waals surface area contributed by atoms with E-state index in [1.165, 1.54) is 32.1 Å². The molecule has 1 aromatic rings. The second kappa shape index (κ2) is 7.50. The Hall–Kier alpha value is -0.820. The lowest BCUT2D eigenvalue weighted by Crippen LogP contribution is -2.20. The third-order valence-electron chi connectivity index (χ3n) is 3.41. The van der Waals surface area contributed by atoms with Gasteiger partial charge in [0.15, 0.2) is 0 Å². The average molecular weight is 234 g/mol. The molecule has 0 spiro atoms. The summed E-state index contributed by atoms with van der Waals surface area (Å²) in [5, 5.41) is 10.4. The van der Waals surface area contributed by atoms with Crippen molar-refractivity contribution < 1.29 is 5.11 Å². The zero-order valence-electron chi connectivity index (χ0n) is 11.3. The number of aliphatic hydroxyl groups is 1. The molecule has 0 fully saturated rings. The number of unbranched alkanes of at least 4 members (excludes halogenated alkanes) is 5. The monoisotopic (exact) mass is 234 g/mol. The van der Waals surface area contributed by atoms with Crippen molar-refractivity contribution in [1.29, 1.82) is 0 Å². The van der Waals surface area contributed by atoms with Crippen LogP contribution in [0.5, 0.6) is 0 Å². The SMILES string of the molecule is CCCCCCCC[C@@](C)(O)c1ccccc1. The van der Waals surface area contributed by atoms with E-state index in [9.17, 15) is 5.11 Å².